The van der Waals surface area contributed by atoms with Crippen LogP contribution in [0, 0.1) is 98.0 Å². The lowest BCUT2D eigenvalue weighted by Crippen LogP contribution is -2.24. The lowest BCUT2D eigenvalue weighted by Gasteiger charge is -2.30. The first kappa shape index (κ1) is 95.5. The molecule has 0 fully saturated rings. The van der Waals surface area contributed by atoms with E-state index >= 15 is 0 Å². The largest absolute Gasteiger partial charge is 0.492 e. The van der Waals surface area contributed by atoms with Crippen molar-refractivity contribution in [2.45, 2.75) is 120 Å². The molecule has 0 aromatic heterocycles. The van der Waals surface area contributed by atoms with E-state index in [1.807, 2.05) is 88.9 Å². The second kappa shape index (κ2) is 44.3. The van der Waals surface area contributed by atoms with Crippen LogP contribution < -0.4 is 48.0 Å². The Morgan fingerprint density at radius 3 is 0.831 bits per heavy atom. The van der Waals surface area contributed by atoms with Crippen molar-refractivity contribution in [2.24, 2.45) is 21.7 Å². The van der Waals surface area contributed by atoms with Gasteiger partial charge in [0, 0.05) is 69.1 Å². The number of ether oxygens (including phenoxy) is 7. The van der Waals surface area contributed by atoms with Crippen LogP contribution in [0.3, 0.4) is 0 Å². The van der Waals surface area contributed by atoms with E-state index in [-0.39, 0.29) is 63.1 Å². The topological polar surface area (TPSA) is 227 Å². The number of hydrogen-bond donors (Lipinski definition) is 0. The van der Waals surface area contributed by atoms with Crippen LogP contribution in [0.25, 0.3) is 38.8 Å². The molecule has 4 aliphatic carbocycles. The quantitative estimate of drug-likeness (QED) is 0.0204. The third-order valence-corrected chi connectivity index (χ3v) is 23.0. The van der Waals surface area contributed by atoms with Crippen LogP contribution in [-0.4, -0.2) is 93.9 Å². The number of nitrogens with zero attached hydrogens (tertiary/aromatic N) is 12. The minimum absolute atomic E-state index is 0.0424. The molecule has 4 aliphatic rings. The van der Waals surface area contributed by atoms with Gasteiger partial charge in [-0.15, -0.1) is 0 Å². The van der Waals surface area contributed by atoms with Crippen LogP contribution in [0.1, 0.15) is 150 Å². The van der Waals surface area contributed by atoms with Crippen molar-refractivity contribution in [1.29, 1.82) is 26.3 Å². The zero-order valence-electron chi connectivity index (χ0n) is 76.7. The molecule has 0 spiro atoms. The highest BCUT2D eigenvalue weighted by Crippen LogP contribution is 2.45. The fourth-order valence-corrected chi connectivity index (χ4v) is 16.5. The first-order valence-corrected chi connectivity index (χ1v) is 43.5. The first-order valence-electron chi connectivity index (χ1n) is 43.5. The van der Waals surface area contributed by atoms with Gasteiger partial charge >= 0.3 is 5.97 Å². The zero-order valence-corrected chi connectivity index (χ0v) is 76.7. The molecule has 0 atom stereocenters. The molecule has 7 aromatic rings. The SMILES string of the molecule is [C-]#[N+]/C(C#N)=C1C=C(/C=C/c2ccc(N(C)CCOc3cc(COc4cc(OCc5cc(OCCN(C)c6ccc(/C=C/C7=CC(=C(/C#N)[N+]#[C-])/CC(C)(C)C7)cc6)cc(OCCN(C)c6ccc(/C=C/C7=CC(=C(/C#N)[N+]#[C-])/CC(C)(C)C7)cc6)c5)cc(C(=O)OC)c4)cc(OCCN(C)c4ccc(/C=C/C5=CC(=C(C#N)C#N)CC(C)(C)C5)cc4)c3)cc2)CC(C)(C)C\1. The standard InChI is InChI=1S/C110H112N12O8/c1-107(2)62-81(49-88(66-107)92(70-111)71-112)21-17-77-25-33-93(34-26-77)119(12)41-45-125-97-53-85(54-98(59-97)126-46-42-120(13)94-35-27-78(28-36-94)18-22-82-50-89(103(72-113)116-9)67-108(3,4)63-82)75-129-101-57-87(106(123)124-16)58-102(61-101)130-76-86-55-99(127-47-43-121(14)95-37-29-79(30-38-95)19-23-83-51-90(104(73-114)117-10)68-109(5,6)64-83)60-100(56-86)128-48-44-122(15)96-39-31-80(32-40-96)20-24-84-52-91(105(74-115)118-11)69-110(7,8)65-84/h17-40,49-61H,41-48,62-69,75-76H2,1-8,12-16H3/b21-17+,22-18+,23-19+,24-20+,103-89+,104-90+,105-91+. The predicted octanol–water partition coefficient (Wildman–Crippen LogP) is 24.2. The summed E-state index contributed by atoms with van der Waals surface area (Å²) >= 11 is 0. The molecule has 0 saturated carbocycles. The molecule has 0 unspecified atom stereocenters. The Kier molecular flexibility index (Phi) is 32.5. The molecule has 130 heavy (non-hydrogen) atoms. The van der Waals surface area contributed by atoms with Gasteiger partial charge < -0.3 is 52.8 Å². The Morgan fingerprint density at radius 1 is 0.346 bits per heavy atom. The van der Waals surface area contributed by atoms with Crippen molar-refractivity contribution in [3.8, 4) is 64.8 Å². The summed E-state index contributed by atoms with van der Waals surface area (Å²) in [5.41, 5.74) is 17.3. The molecule has 0 heterocycles. The smallest absolute Gasteiger partial charge is 0.338 e. The number of nitriles is 5. The van der Waals surface area contributed by atoms with Gasteiger partial charge in [-0.2, -0.15) is 10.5 Å². The van der Waals surface area contributed by atoms with Crippen molar-refractivity contribution in [1.82, 2.24) is 0 Å². The van der Waals surface area contributed by atoms with Crippen molar-refractivity contribution in [2.75, 3.05) is 108 Å². The molecule has 20 nitrogen and oxygen atoms in total. The maximum absolute atomic E-state index is 13.5. The lowest BCUT2D eigenvalue weighted by atomic mass is 9.74. The van der Waals surface area contributed by atoms with E-state index in [1.54, 1.807) is 18.2 Å². The molecule has 7 aromatic carbocycles. The Bertz CT molecular complexity index is 5350. The summed E-state index contributed by atoms with van der Waals surface area (Å²) in [6.45, 7) is 43.4. The summed E-state index contributed by atoms with van der Waals surface area (Å²) in [6.07, 6.45) is 30.5. The number of likely N-dealkylation sites (N-methyl/N-ethyl adjacent to an activating group) is 4. The van der Waals surface area contributed by atoms with E-state index in [4.69, 9.17) is 52.9 Å². The highest BCUT2D eigenvalue weighted by Gasteiger charge is 2.31. The van der Waals surface area contributed by atoms with E-state index in [1.165, 1.54) is 7.11 Å². The van der Waals surface area contributed by atoms with Crippen LogP contribution in [0.15, 0.2) is 268 Å². The highest BCUT2D eigenvalue weighted by atomic mass is 16.5. The molecule has 0 bridgehead atoms. The van der Waals surface area contributed by atoms with Crippen molar-refractivity contribution in [3.63, 3.8) is 0 Å². The van der Waals surface area contributed by atoms with E-state index < -0.39 is 5.97 Å². The lowest BCUT2D eigenvalue weighted by molar-refractivity contribution is 0.0599. The average molecular weight is 1730 g/mol. The van der Waals surface area contributed by atoms with E-state index in [2.05, 4.69) is 266 Å². The average Bonchev–Trinajstić information content (AvgIpc) is 0.826. The molecule has 0 radical (unpaired) electrons. The molecule has 0 N–H and O–H groups in total. The van der Waals surface area contributed by atoms with Crippen molar-refractivity contribution in [3.05, 3.63) is 341 Å². The highest BCUT2D eigenvalue weighted by molar-refractivity contribution is 5.90. The third-order valence-electron chi connectivity index (χ3n) is 23.0. The number of rotatable bonds is 35. The van der Waals surface area contributed by atoms with Gasteiger partial charge in [-0.1, -0.05) is 177 Å². The molecule has 0 aliphatic heterocycles. The number of esters is 1. The van der Waals surface area contributed by atoms with Gasteiger partial charge in [0.2, 0.25) is 0 Å². The van der Waals surface area contributed by atoms with Gasteiger partial charge in [0.15, 0.2) is 0 Å². The summed E-state index contributed by atoms with van der Waals surface area (Å²) in [6, 6.07) is 59.8. The van der Waals surface area contributed by atoms with Crippen molar-refractivity contribution < 1.29 is 38.0 Å². The monoisotopic (exact) mass is 1730 g/mol. The minimum Gasteiger partial charge on any atom is -0.492 e. The number of anilines is 4. The zero-order chi connectivity index (χ0) is 93.1. The minimum atomic E-state index is -0.589. The first-order chi connectivity index (χ1) is 62.3. The Labute approximate surface area is 767 Å². The normalized spacial score (nSPS) is 16.5. The van der Waals surface area contributed by atoms with Crippen LogP contribution >= 0.6 is 0 Å². The van der Waals surface area contributed by atoms with Crippen molar-refractivity contribution >= 4 is 53.0 Å². The summed E-state index contributed by atoms with van der Waals surface area (Å²) < 4.78 is 44.7. The Hall–Kier alpha value is -15.2. The Morgan fingerprint density at radius 2 is 0.592 bits per heavy atom. The number of carbonyl (C=O) groups is 1. The number of carbonyl (C=O) groups excluding carboxylic acids is 1. The maximum atomic E-state index is 13.5. The Balaban J connectivity index is 0.788. The van der Waals surface area contributed by atoms with Gasteiger partial charge in [0.1, 0.15) is 91.8 Å². The molecule has 0 saturated heterocycles. The summed E-state index contributed by atoms with van der Waals surface area (Å²) in [5.74, 6) is 2.33. The van der Waals surface area contributed by atoms with Gasteiger partial charge in [-0.05, 0) is 236 Å². The fourth-order valence-electron chi connectivity index (χ4n) is 16.5. The van der Waals surface area contributed by atoms with Gasteiger partial charge in [0.25, 0.3) is 17.1 Å². The summed E-state index contributed by atoms with van der Waals surface area (Å²) in [5, 5.41) is 48.2. The third kappa shape index (κ3) is 27.9. The van der Waals surface area contributed by atoms with Crippen LogP contribution in [0.2, 0.25) is 0 Å². The predicted molar refractivity (Wildman–Crippen MR) is 517 cm³/mol. The molecule has 11 rings (SSSR count). The van der Waals surface area contributed by atoms with Crippen LogP contribution in [0.4, 0.5) is 22.7 Å². The fraction of sp³-hybridized carbons (Fsp3) is 0.318. The van der Waals surface area contributed by atoms with Gasteiger partial charge in [-0.25, -0.2) is 35.1 Å². The number of methoxy groups -OCH3 is 1. The molecule has 20 heteroatoms. The summed E-state index contributed by atoms with van der Waals surface area (Å²) in [7, 11) is 9.38. The molecular formula is C110H112N12O8. The van der Waals surface area contributed by atoms with Crippen LogP contribution in [0.5, 0.6) is 34.5 Å². The molecule has 0 amide bonds. The van der Waals surface area contributed by atoms with Gasteiger partial charge in [-0.3, -0.25) is 0 Å². The summed E-state index contributed by atoms with van der Waals surface area (Å²) in [4.78, 5) is 32.5. The van der Waals surface area contributed by atoms with Crippen LogP contribution in [-0.2, 0) is 18.0 Å². The molecule has 660 valence electrons. The van der Waals surface area contributed by atoms with E-state index in [9.17, 15) is 31.1 Å². The van der Waals surface area contributed by atoms with E-state index in [0.717, 1.165) is 126 Å². The number of benzene rings is 7. The van der Waals surface area contributed by atoms with Gasteiger partial charge in [0.05, 0.1) is 76.8 Å². The maximum Gasteiger partial charge on any atom is 0.338 e. The second-order valence-corrected chi connectivity index (χ2v) is 36.5. The van der Waals surface area contributed by atoms with E-state index in [0.29, 0.717) is 113 Å². The number of hydrogen-bond acceptors (Lipinski definition) is 17. The molecular weight excluding hydrogens is 1620 g/mol. The number of allylic oxidation sites excluding steroid dienone is 20. The second-order valence-electron chi connectivity index (χ2n) is 36.5.